The number of benzene rings is 1. The maximum atomic E-state index is 12.1. The Bertz CT molecular complexity index is 714. The van der Waals surface area contributed by atoms with Gasteiger partial charge in [0.2, 0.25) is 5.91 Å². The highest BCUT2D eigenvalue weighted by atomic mass is 127. The molecule has 8 heteroatoms. The highest BCUT2D eigenvalue weighted by molar-refractivity contribution is 14.0. The summed E-state index contributed by atoms with van der Waals surface area (Å²) in [7, 11) is 5.24. The van der Waals surface area contributed by atoms with Crippen LogP contribution in [0.25, 0.3) is 0 Å². The zero-order valence-electron chi connectivity index (χ0n) is 19.8. The van der Waals surface area contributed by atoms with Crippen LogP contribution in [0.2, 0.25) is 0 Å². The quantitative estimate of drug-likeness (QED) is 0.292. The van der Waals surface area contributed by atoms with Crippen LogP contribution in [0.5, 0.6) is 5.75 Å². The van der Waals surface area contributed by atoms with Crippen LogP contribution in [-0.4, -0.2) is 75.1 Å². The highest BCUT2D eigenvalue weighted by Crippen LogP contribution is 2.26. The minimum atomic E-state index is 0. The summed E-state index contributed by atoms with van der Waals surface area (Å²) in [5.74, 6) is 1.64. The Morgan fingerprint density at radius 1 is 1.12 bits per heavy atom. The minimum absolute atomic E-state index is 0. The number of hydrogen-bond acceptors (Lipinski definition) is 4. The van der Waals surface area contributed by atoms with Crippen LogP contribution in [0.3, 0.4) is 0 Å². The number of halogens is 1. The fraction of sp³-hybridized carbons (Fsp3) is 0.667. The molecule has 1 unspecified atom stereocenters. The van der Waals surface area contributed by atoms with Gasteiger partial charge in [-0.05, 0) is 56.5 Å². The van der Waals surface area contributed by atoms with E-state index in [0.717, 1.165) is 44.2 Å². The van der Waals surface area contributed by atoms with E-state index in [-0.39, 0.29) is 42.5 Å². The van der Waals surface area contributed by atoms with Gasteiger partial charge in [-0.3, -0.25) is 9.69 Å². The first kappa shape index (κ1) is 26.7. The molecule has 1 amide bonds. The van der Waals surface area contributed by atoms with Crippen molar-refractivity contribution in [3.8, 4) is 5.75 Å². The Morgan fingerprint density at radius 3 is 2.38 bits per heavy atom. The van der Waals surface area contributed by atoms with E-state index in [4.69, 9.17) is 4.74 Å². The summed E-state index contributed by atoms with van der Waals surface area (Å²) in [5, 5.41) is 7.16. The number of nitrogens with one attached hydrogen (secondary N) is 2. The summed E-state index contributed by atoms with van der Waals surface area (Å²) in [6, 6.07) is 9.07. The number of rotatable bonds is 8. The number of carbonyl (C=O) groups is 1. The van der Waals surface area contributed by atoms with Crippen LogP contribution in [0.15, 0.2) is 29.3 Å². The van der Waals surface area contributed by atoms with Gasteiger partial charge in [0.05, 0.1) is 13.2 Å². The van der Waals surface area contributed by atoms with E-state index in [1.54, 1.807) is 26.1 Å². The SMILES string of the molecule is COc1ccc(C(CNC(=NCC(=O)N(C)C)NC2CCCCC2)N2CCCC2)cc1.I. The van der Waals surface area contributed by atoms with E-state index in [9.17, 15) is 4.79 Å². The molecule has 0 bridgehead atoms. The van der Waals surface area contributed by atoms with Crippen LogP contribution in [0, 0.1) is 0 Å². The summed E-state index contributed by atoms with van der Waals surface area (Å²) < 4.78 is 5.34. The van der Waals surface area contributed by atoms with Crippen LogP contribution in [0.1, 0.15) is 56.6 Å². The number of likely N-dealkylation sites (tertiary alicyclic amines) is 1. The molecule has 2 N–H and O–H groups in total. The fourth-order valence-electron chi connectivity index (χ4n) is 4.41. The van der Waals surface area contributed by atoms with Crippen molar-refractivity contribution in [3.63, 3.8) is 0 Å². The number of likely N-dealkylation sites (N-methyl/N-ethyl adjacent to an activating group) is 1. The number of ether oxygens (including phenoxy) is 1. The molecule has 1 aromatic carbocycles. The lowest BCUT2D eigenvalue weighted by Gasteiger charge is -2.30. The topological polar surface area (TPSA) is 69.2 Å². The van der Waals surface area contributed by atoms with Gasteiger partial charge < -0.3 is 20.3 Å². The predicted molar refractivity (Wildman–Crippen MR) is 141 cm³/mol. The molecule has 1 aliphatic heterocycles. The molecular formula is C24H40IN5O2. The normalized spacial score (nSPS) is 18.5. The highest BCUT2D eigenvalue weighted by Gasteiger charge is 2.24. The van der Waals surface area contributed by atoms with Gasteiger partial charge in [0.1, 0.15) is 12.3 Å². The zero-order chi connectivity index (χ0) is 22.1. The molecule has 0 radical (unpaired) electrons. The predicted octanol–water partition coefficient (Wildman–Crippen LogP) is 3.41. The Morgan fingerprint density at radius 2 is 1.78 bits per heavy atom. The van der Waals surface area contributed by atoms with Crippen LogP contribution < -0.4 is 15.4 Å². The molecule has 1 atom stereocenters. The lowest BCUT2D eigenvalue weighted by atomic mass is 9.96. The third kappa shape index (κ3) is 8.10. The average molecular weight is 558 g/mol. The summed E-state index contributed by atoms with van der Waals surface area (Å²) >= 11 is 0. The first-order valence-electron chi connectivity index (χ1n) is 11.7. The van der Waals surface area contributed by atoms with Gasteiger partial charge >= 0.3 is 0 Å². The van der Waals surface area contributed by atoms with Crippen LogP contribution >= 0.6 is 24.0 Å². The van der Waals surface area contributed by atoms with E-state index >= 15 is 0 Å². The van der Waals surface area contributed by atoms with Crippen LogP contribution in [-0.2, 0) is 4.79 Å². The summed E-state index contributed by atoms with van der Waals surface area (Å²) in [5.41, 5.74) is 1.27. The standard InChI is InChI=1S/C24H39N5O2.HI/c1-28(2)23(30)18-26-24(27-20-9-5-4-6-10-20)25-17-22(29-15-7-8-16-29)19-11-13-21(31-3)14-12-19;/h11-14,20,22H,4-10,15-18H2,1-3H3,(H2,25,26,27);1H. The zero-order valence-corrected chi connectivity index (χ0v) is 22.1. The second-order valence-corrected chi connectivity index (χ2v) is 8.85. The van der Waals surface area contributed by atoms with E-state index in [0.29, 0.717) is 6.04 Å². The largest absolute Gasteiger partial charge is 0.497 e. The van der Waals surface area contributed by atoms with Crippen molar-refractivity contribution < 1.29 is 9.53 Å². The van der Waals surface area contributed by atoms with Gasteiger partial charge in [0.15, 0.2) is 5.96 Å². The van der Waals surface area contributed by atoms with E-state index < -0.39 is 0 Å². The molecule has 32 heavy (non-hydrogen) atoms. The maximum Gasteiger partial charge on any atom is 0.243 e. The number of methoxy groups -OCH3 is 1. The number of guanidine groups is 1. The molecule has 0 spiro atoms. The van der Waals surface area contributed by atoms with Crippen molar-refractivity contribution in [2.75, 3.05) is 47.4 Å². The smallest absolute Gasteiger partial charge is 0.243 e. The summed E-state index contributed by atoms with van der Waals surface area (Å²) in [6.45, 7) is 3.13. The second-order valence-electron chi connectivity index (χ2n) is 8.85. The molecule has 3 rings (SSSR count). The number of hydrogen-bond donors (Lipinski definition) is 2. The molecule has 1 saturated carbocycles. The molecule has 0 aromatic heterocycles. The molecule has 2 fully saturated rings. The third-order valence-electron chi connectivity index (χ3n) is 6.36. The van der Waals surface area contributed by atoms with Crippen molar-refractivity contribution in [1.82, 2.24) is 20.4 Å². The monoisotopic (exact) mass is 557 g/mol. The summed E-state index contributed by atoms with van der Waals surface area (Å²) in [4.78, 5) is 20.9. The lowest BCUT2D eigenvalue weighted by molar-refractivity contribution is -0.127. The van der Waals surface area contributed by atoms with Gasteiger partial charge in [0.25, 0.3) is 0 Å². The molecule has 180 valence electrons. The van der Waals surface area contributed by atoms with Gasteiger partial charge in [-0.2, -0.15) is 0 Å². The molecule has 1 saturated heterocycles. The summed E-state index contributed by atoms with van der Waals surface area (Å²) in [6.07, 6.45) is 8.63. The van der Waals surface area contributed by atoms with Gasteiger partial charge in [0, 0.05) is 26.7 Å². The van der Waals surface area contributed by atoms with Crippen molar-refractivity contribution in [1.29, 1.82) is 0 Å². The van der Waals surface area contributed by atoms with Gasteiger partial charge in [-0.1, -0.05) is 31.4 Å². The van der Waals surface area contributed by atoms with Crippen LogP contribution in [0.4, 0.5) is 0 Å². The number of amides is 1. The number of aliphatic imine (C=N–C) groups is 1. The Labute approximate surface area is 210 Å². The number of nitrogens with zero attached hydrogens (tertiary/aromatic N) is 3. The fourth-order valence-corrected chi connectivity index (χ4v) is 4.41. The Hall–Kier alpha value is -1.55. The van der Waals surface area contributed by atoms with Gasteiger partial charge in [-0.25, -0.2) is 4.99 Å². The molecule has 1 aromatic rings. The van der Waals surface area contributed by atoms with Crippen molar-refractivity contribution >= 4 is 35.8 Å². The molecule has 1 aliphatic carbocycles. The van der Waals surface area contributed by atoms with E-state index in [2.05, 4.69) is 32.7 Å². The molecule has 2 aliphatic rings. The first-order chi connectivity index (χ1) is 15.1. The number of carbonyl (C=O) groups excluding carboxylic acids is 1. The molecule has 1 heterocycles. The maximum absolute atomic E-state index is 12.1. The van der Waals surface area contributed by atoms with Gasteiger partial charge in [-0.15, -0.1) is 24.0 Å². The van der Waals surface area contributed by atoms with Crippen molar-refractivity contribution in [2.45, 2.75) is 57.0 Å². The third-order valence-corrected chi connectivity index (χ3v) is 6.36. The van der Waals surface area contributed by atoms with Crippen molar-refractivity contribution in [3.05, 3.63) is 29.8 Å². The Kier molecular flexibility index (Phi) is 11.6. The Balaban J connectivity index is 0.00000363. The van der Waals surface area contributed by atoms with E-state index in [1.165, 1.54) is 37.7 Å². The molecule has 7 nitrogen and oxygen atoms in total. The minimum Gasteiger partial charge on any atom is -0.497 e. The second kappa shape index (κ2) is 13.9. The first-order valence-corrected chi connectivity index (χ1v) is 11.7. The van der Waals surface area contributed by atoms with Crippen molar-refractivity contribution in [2.24, 2.45) is 4.99 Å². The average Bonchev–Trinajstić information content (AvgIpc) is 3.32. The molecular weight excluding hydrogens is 517 g/mol. The van der Waals surface area contributed by atoms with E-state index in [1.807, 2.05) is 12.1 Å². The lowest BCUT2D eigenvalue weighted by Crippen LogP contribution is -2.47.